The monoisotopic (exact) mass is 388 g/mol. The number of aryl methyl sites for hydroxylation is 3. The van der Waals surface area contributed by atoms with Gasteiger partial charge in [0.15, 0.2) is 0 Å². The van der Waals surface area contributed by atoms with Crippen molar-refractivity contribution in [3.8, 4) is 11.1 Å². The van der Waals surface area contributed by atoms with Gasteiger partial charge in [0, 0.05) is 43.4 Å². The largest absolute Gasteiger partial charge is 0.356 e. The van der Waals surface area contributed by atoms with Gasteiger partial charge in [-0.1, -0.05) is 48.5 Å². The Bertz CT molecular complexity index is 993. The zero-order chi connectivity index (χ0) is 20.2. The van der Waals surface area contributed by atoms with Gasteiger partial charge in [0.1, 0.15) is 5.82 Å². The van der Waals surface area contributed by atoms with E-state index in [-0.39, 0.29) is 5.91 Å². The number of fused-ring (bicyclic) bond motifs is 1. The van der Waals surface area contributed by atoms with E-state index in [2.05, 4.69) is 58.2 Å². The van der Waals surface area contributed by atoms with Crippen LogP contribution in [0.25, 0.3) is 11.1 Å². The van der Waals surface area contributed by atoms with E-state index in [4.69, 9.17) is 5.10 Å². The summed E-state index contributed by atoms with van der Waals surface area (Å²) in [5.41, 5.74) is 5.40. The van der Waals surface area contributed by atoms with Crippen molar-refractivity contribution in [2.24, 2.45) is 0 Å². The number of amides is 1. The molecule has 2 aromatic carbocycles. The minimum Gasteiger partial charge on any atom is -0.356 e. The van der Waals surface area contributed by atoms with Gasteiger partial charge >= 0.3 is 0 Å². The minimum atomic E-state index is -0.0594. The van der Waals surface area contributed by atoms with Crippen molar-refractivity contribution in [1.82, 2.24) is 9.78 Å². The molecule has 0 spiro atoms. The molecule has 0 atom stereocenters. The van der Waals surface area contributed by atoms with Gasteiger partial charge in [0.2, 0.25) is 5.91 Å². The van der Waals surface area contributed by atoms with Crippen LogP contribution in [0.4, 0.5) is 11.5 Å². The lowest BCUT2D eigenvalue weighted by molar-refractivity contribution is -0.114. The number of carbonyl (C=O) groups excluding carboxylic acids is 1. The highest BCUT2D eigenvalue weighted by atomic mass is 16.1. The van der Waals surface area contributed by atoms with Crippen molar-refractivity contribution in [1.29, 1.82) is 0 Å². The molecule has 150 valence electrons. The van der Waals surface area contributed by atoms with E-state index >= 15 is 0 Å². The number of hydrogen-bond acceptors (Lipinski definition) is 3. The first-order chi connectivity index (χ1) is 14.1. The van der Waals surface area contributed by atoms with Gasteiger partial charge < -0.3 is 10.2 Å². The van der Waals surface area contributed by atoms with Gasteiger partial charge in [0.25, 0.3) is 0 Å². The molecule has 2 heterocycles. The van der Waals surface area contributed by atoms with Crippen LogP contribution in [0.1, 0.15) is 31.0 Å². The summed E-state index contributed by atoms with van der Waals surface area (Å²) in [6.07, 6.45) is 3.27. The molecule has 5 nitrogen and oxygen atoms in total. The van der Waals surface area contributed by atoms with Crippen molar-refractivity contribution in [3.63, 3.8) is 0 Å². The molecular weight excluding hydrogens is 360 g/mol. The molecule has 29 heavy (non-hydrogen) atoms. The maximum Gasteiger partial charge on any atom is 0.221 e. The molecule has 0 aliphatic carbocycles. The number of para-hydroxylation sites is 1. The summed E-state index contributed by atoms with van der Waals surface area (Å²) in [5, 5.41) is 7.81. The molecule has 5 heteroatoms. The van der Waals surface area contributed by atoms with Crippen LogP contribution in [0.15, 0.2) is 54.6 Å². The van der Waals surface area contributed by atoms with E-state index in [1.165, 1.54) is 11.4 Å². The molecule has 1 N–H and O–H groups in total. The average molecular weight is 389 g/mol. The van der Waals surface area contributed by atoms with E-state index in [0.717, 1.165) is 61.4 Å². The third-order valence-electron chi connectivity index (χ3n) is 5.44. The zero-order valence-corrected chi connectivity index (χ0v) is 17.2. The lowest BCUT2D eigenvalue weighted by Crippen LogP contribution is -2.33. The summed E-state index contributed by atoms with van der Waals surface area (Å²) >= 11 is 0. The van der Waals surface area contributed by atoms with Crippen LogP contribution in [0.3, 0.4) is 0 Å². The average Bonchev–Trinajstić information content (AvgIpc) is 3.05. The van der Waals surface area contributed by atoms with Crippen LogP contribution in [0.2, 0.25) is 0 Å². The fraction of sp³-hybridized carbons (Fsp3) is 0.333. The molecule has 0 saturated carbocycles. The van der Waals surface area contributed by atoms with E-state index < -0.39 is 0 Å². The predicted octanol–water partition coefficient (Wildman–Crippen LogP) is 4.66. The summed E-state index contributed by atoms with van der Waals surface area (Å²) in [5.74, 6) is 1.12. The molecular formula is C24H28N4O. The molecule has 0 unspecified atom stereocenters. The smallest absolute Gasteiger partial charge is 0.221 e. The van der Waals surface area contributed by atoms with E-state index in [9.17, 15) is 4.79 Å². The lowest BCUT2D eigenvalue weighted by atomic mass is 10.0. The number of benzene rings is 2. The Morgan fingerprint density at radius 1 is 1.07 bits per heavy atom. The molecule has 0 bridgehead atoms. The maximum absolute atomic E-state index is 11.7. The van der Waals surface area contributed by atoms with Gasteiger partial charge in [0.05, 0.1) is 5.69 Å². The Kier molecular flexibility index (Phi) is 5.65. The molecule has 1 amide bonds. The quantitative estimate of drug-likeness (QED) is 0.668. The summed E-state index contributed by atoms with van der Waals surface area (Å²) in [6.45, 7) is 6.58. The van der Waals surface area contributed by atoms with Crippen LogP contribution in [-0.2, 0) is 17.8 Å². The number of aromatic nitrogens is 2. The SMILES string of the molecule is CC(=O)Nc1ccccc1-c1c(C)nn2c1N(CCCc1ccccc1)CCC2. The standard InChI is InChI=1S/C24H28N4O/c1-18-23(21-13-6-7-14-22(21)25-19(2)29)24-27(16-9-17-28(24)26-18)15-8-12-20-10-4-3-5-11-20/h3-7,10-11,13-14H,8-9,12,15-17H2,1-2H3,(H,25,29). The van der Waals surface area contributed by atoms with Crippen molar-refractivity contribution < 1.29 is 4.79 Å². The Hall–Kier alpha value is -3.08. The Morgan fingerprint density at radius 2 is 1.83 bits per heavy atom. The lowest BCUT2D eigenvalue weighted by Gasteiger charge is -2.31. The minimum absolute atomic E-state index is 0.0594. The van der Waals surface area contributed by atoms with E-state index in [1.54, 1.807) is 6.92 Å². The normalized spacial score (nSPS) is 13.2. The summed E-state index contributed by atoms with van der Waals surface area (Å²) < 4.78 is 2.14. The first-order valence-electron chi connectivity index (χ1n) is 10.4. The number of rotatable bonds is 6. The van der Waals surface area contributed by atoms with Gasteiger partial charge in [-0.2, -0.15) is 5.10 Å². The fourth-order valence-corrected chi connectivity index (χ4v) is 4.22. The van der Waals surface area contributed by atoms with Crippen LogP contribution in [-0.4, -0.2) is 28.8 Å². The van der Waals surface area contributed by atoms with Crippen LogP contribution in [0, 0.1) is 6.92 Å². The predicted molar refractivity (Wildman–Crippen MR) is 118 cm³/mol. The number of nitrogens with one attached hydrogen (secondary N) is 1. The topological polar surface area (TPSA) is 50.2 Å². The molecule has 1 aliphatic heterocycles. The molecule has 3 aromatic rings. The Morgan fingerprint density at radius 3 is 2.62 bits per heavy atom. The highest BCUT2D eigenvalue weighted by molar-refractivity contribution is 5.96. The highest BCUT2D eigenvalue weighted by Gasteiger charge is 2.26. The first kappa shape index (κ1) is 19.2. The maximum atomic E-state index is 11.7. The molecule has 0 saturated heterocycles. The van der Waals surface area contributed by atoms with E-state index in [1.807, 2.05) is 18.2 Å². The van der Waals surface area contributed by atoms with Gasteiger partial charge in [-0.3, -0.25) is 4.79 Å². The van der Waals surface area contributed by atoms with Crippen LogP contribution < -0.4 is 10.2 Å². The number of anilines is 2. The van der Waals surface area contributed by atoms with E-state index in [0.29, 0.717) is 0 Å². The summed E-state index contributed by atoms with van der Waals surface area (Å²) in [7, 11) is 0. The second kappa shape index (κ2) is 8.52. The number of carbonyl (C=O) groups is 1. The third-order valence-corrected chi connectivity index (χ3v) is 5.44. The highest BCUT2D eigenvalue weighted by Crippen LogP contribution is 2.39. The van der Waals surface area contributed by atoms with Gasteiger partial charge in [-0.25, -0.2) is 4.68 Å². The number of nitrogens with zero attached hydrogens (tertiary/aromatic N) is 3. The van der Waals surface area contributed by atoms with Crippen molar-refractivity contribution in [2.75, 3.05) is 23.3 Å². The third kappa shape index (κ3) is 4.19. The fourth-order valence-electron chi connectivity index (χ4n) is 4.22. The van der Waals surface area contributed by atoms with Crippen molar-refractivity contribution in [2.45, 2.75) is 39.7 Å². The van der Waals surface area contributed by atoms with Crippen LogP contribution >= 0.6 is 0 Å². The molecule has 0 fully saturated rings. The van der Waals surface area contributed by atoms with Gasteiger partial charge in [-0.15, -0.1) is 0 Å². The zero-order valence-electron chi connectivity index (χ0n) is 17.2. The summed E-state index contributed by atoms with van der Waals surface area (Å²) in [4.78, 5) is 14.2. The summed E-state index contributed by atoms with van der Waals surface area (Å²) in [6, 6.07) is 18.7. The second-order valence-corrected chi connectivity index (χ2v) is 7.66. The Balaban J connectivity index is 1.63. The first-order valence-corrected chi connectivity index (χ1v) is 10.4. The molecule has 0 radical (unpaired) electrons. The van der Waals surface area contributed by atoms with Crippen molar-refractivity contribution >= 4 is 17.4 Å². The van der Waals surface area contributed by atoms with Crippen LogP contribution in [0.5, 0.6) is 0 Å². The molecule has 4 rings (SSSR count). The Labute approximate surface area is 172 Å². The second-order valence-electron chi connectivity index (χ2n) is 7.66. The van der Waals surface area contributed by atoms with Gasteiger partial charge in [-0.05, 0) is 37.8 Å². The van der Waals surface area contributed by atoms with Crippen molar-refractivity contribution in [3.05, 3.63) is 65.9 Å². The number of hydrogen-bond donors (Lipinski definition) is 1. The molecule has 1 aromatic heterocycles. The molecule has 1 aliphatic rings.